The van der Waals surface area contributed by atoms with E-state index >= 15 is 0 Å². The number of allylic oxidation sites excluding steroid dienone is 1. The van der Waals surface area contributed by atoms with Crippen LogP contribution in [0.4, 0.5) is 13.2 Å². The van der Waals surface area contributed by atoms with Crippen LogP contribution in [0.2, 0.25) is 0 Å². The van der Waals surface area contributed by atoms with E-state index in [1.54, 1.807) is 4.90 Å². The zero-order valence-corrected chi connectivity index (χ0v) is 16.9. The van der Waals surface area contributed by atoms with Crippen LogP contribution in [0.15, 0.2) is 35.6 Å². The van der Waals surface area contributed by atoms with Crippen LogP contribution in [0.1, 0.15) is 31.5 Å². The van der Waals surface area contributed by atoms with Crippen LogP contribution >= 0.6 is 0 Å². The third kappa shape index (κ3) is 4.72. The number of hydrogen-bond acceptors (Lipinski definition) is 4. The molecule has 6 nitrogen and oxygen atoms in total. The molecule has 30 heavy (non-hydrogen) atoms. The van der Waals surface area contributed by atoms with Crippen molar-refractivity contribution in [2.75, 3.05) is 13.1 Å². The van der Waals surface area contributed by atoms with E-state index in [9.17, 15) is 22.8 Å². The van der Waals surface area contributed by atoms with Gasteiger partial charge >= 0.3 is 6.18 Å². The maximum absolute atomic E-state index is 13.1. The summed E-state index contributed by atoms with van der Waals surface area (Å²) in [6.45, 7) is 8.42. The number of carbonyl (C=O) groups is 1. The number of carbonyl (C=O) groups excluding carboxylic acids is 1. The van der Waals surface area contributed by atoms with Crippen molar-refractivity contribution in [2.45, 2.75) is 51.6 Å². The summed E-state index contributed by atoms with van der Waals surface area (Å²) < 4.78 is 46.2. The molecule has 0 spiro atoms. The molecule has 0 bridgehead atoms. The lowest BCUT2D eigenvalue weighted by molar-refractivity contribution is -0.143. The number of hydrogen-bond donors (Lipinski definition) is 0. The van der Waals surface area contributed by atoms with Gasteiger partial charge in [-0.25, -0.2) is 4.98 Å². The number of benzene rings is 1. The first-order valence-corrected chi connectivity index (χ1v) is 9.75. The smallest absolute Gasteiger partial charge is 0.372 e. The molecule has 1 saturated heterocycles. The summed E-state index contributed by atoms with van der Waals surface area (Å²) in [4.78, 5) is 31.3. The van der Waals surface area contributed by atoms with Crippen LogP contribution in [-0.4, -0.2) is 45.7 Å². The Balaban J connectivity index is 1.90. The topological polar surface area (TPSA) is 64.4 Å². The van der Waals surface area contributed by atoms with Gasteiger partial charge in [-0.1, -0.05) is 6.08 Å². The molecule has 1 aromatic carbocycles. The van der Waals surface area contributed by atoms with E-state index in [2.05, 4.69) is 11.6 Å². The number of alkyl halides is 3. The molecule has 0 N–H and O–H groups in total. The Hall–Kier alpha value is -2.68. The van der Waals surface area contributed by atoms with Gasteiger partial charge < -0.3 is 14.2 Å². The SMILES string of the molecule is C=CCn1c(=O)c(CCC(=O)N2C[C@H](C)O[C@@H](C)C2)nc2cc(C(F)(F)F)ccc21. The Bertz CT molecular complexity index is 1010. The van der Waals surface area contributed by atoms with Crippen molar-refractivity contribution in [2.24, 2.45) is 0 Å². The predicted molar refractivity (Wildman–Crippen MR) is 106 cm³/mol. The third-order valence-corrected chi connectivity index (χ3v) is 5.00. The second-order valence-electron chi connectivity index (χ2n) is 7.52. The first kappa shape index (κ1) is 22.0. The maximum Gasteiger partial charge on any atom is 0.416 e. The van der Waals surface area contributed by atoms with Crippen molar-refractivity contribution in [3.8, 4) is 0 Å². The van der Waals surface area contributed by atoms with Gasteiger partial charge in [-0.2, -0.15) is 13.2 Å². The van der Waals surface area contributed by atoms with Gasteiger partial charge in [0, 0.05) is 32.5 Å². The van der Waals surface area contributed by atoms with Gasteiger partial charge in [0.2, 0.25) is 5.91 Å². The highest BCUT2D eigenvalue weighted by Gasteiger charge is 2.31. The van der Waals surface area contributed by atoms with Crippen LogP contribution < -0.4 is 5.56 Å². The Morgan fingerprint density at radius 2 is 1.97 bits per heavy atom. The highest BCUT2D eigenvalue weighted by molar-refractivity contribution is 5.77. The molecule has 1 fully saturated rings. The first-order chi connectivity index (χ1) is 14.1. The maximum atomic E-state index is 13.1. The van der Waals surface area contributed by atoms with Gasteiger partial charge in [-0.05, 0) is 32.0 Å². The fourth-order valence-electron chi connectivity index (χ4n) is 3.71. The van der Waals surface area contributed by atoms with Crippen molar-refractivity contribution in [1.29, 1.82) is 0 Å². The lowest BCUT2D eigenvalue weighted by Gasteiger charge is -2.35. The molecule has 2 atom stereocenters. The van der Waals surface area contributed by atoms with Gasteiger partial charge in [-0.3, -0.25) is 9.59 Å². The summed E-state index contributed by atoms with van der Waals surface area (Å²) in [6, 6.07) is 3.08. The largest absolute Gasteiger partial charge is 0.416 e. The number of ether oxygens (including phenoxy) is 1. The number of morpholine rings is 1. The summed E-state index contributed by atoms with van der Waals surface area (Å²) >= 11 is 0. The molecule has 0 unspecified atom stereocenters. The van der Waals surface area contributed by atoms with Gasteiger partial charge in [0.1, 0.15) is 5.69 Å². The number of aromatic nitrogens is 2. The van der Waals surface area contributed by atoms with Crippen molar-refractivity contribution >= 4 is 16.9 Å². The molecule has 1 aromatic heterocycles. The average molecular weight is 423 g/mol. The average Bonchev–Trinajstić information content (AvgIpc) is 2.66. The van der Waals surface area contributed by atoms with Gasteiger partial charge in [0.25, 0.3) is 5.56 Å². The predicted octanol–water partition coefficient (Wildman–Crippen LogP) is 3.17. The summed E-state index contributed by atoms with van der Waals surface area (Å²) in [6.07, 6.45) is -3.11. The molecular weight excluding hydrogens is 399 g/mol. The van der Waals surface area contributed by atoms with E-state index in [-0.39, 0.29) is 48.7 Å². The molecule has 1 aliphatic rings. The molecule has 0 aliphatic carbocycles. The quantitative estimate of drug-likeness (QED) is 0.693. The third-order valence-electron chi connectivity index (χ3n) is 5.00. The zero-order chi connectivity index (χ0) is 22.1. The van der Waals surface area contributed by atoms with Crippen LogP contribution in [0.3, 0.4) is 0 Å². The fraction of sp³-hybridized carbons (Fsp3) is 0.476. The van der Waals surface area contributed by atoms with Crippen LogP contribution in [0, 0.1) is 0 Å². The van der Waals surface area contributed by atoms with Crippen LogP contribution in [-0.2, 0) is 28.7 Å². The highest BCUT2D eigenvalue weighted by atomic mass is 19.4. The van der Waals surface area contributed by atoms with E-state index < -0.39 is 17.3 Å². The summed E-state index contributed by atoms with van der Waals surface area (Å²) in [5, 5.41) is 0. The Morgan fingerprint density at radius 3 is 2.57 bits per heavy atom. The second-order valence-corrected chi connectivity index (χ2v) is 7.52. The lowest BCUT2D eigenvalue weighted by atomic mass is 10.1. The molecule has 2 heterocycles. The molecule has 0 radical (unpaired) electrons. The fourth-order valence-corrected chi connectivity index (χ4v) is 3.71. The molecule has 1 amide bonds. The number of nitrogens with zero attached hydrogens (tertiary/aromatic N) is 3. The molecule has 162 valence electrons. The van der Waals surface area contributed by atoms with E-state index in [1.807, 2.05) is 13.8 Å². The minimum Gasteiger partial charge on any atom is -0.372 e. The number of rotatable bonds is 5. The normalized spacial score (nSPS) is 19.8. The number of halogens is 3. The van der Waals surface area contributed by atoms with Crippen LogP contribution in [0.25, 0.3) is 11.0 Å². The van der Waals surface area contributed by atoms with Crippen molar-refractivity contribution in [3.63, 3.8) is 0 Å². The van der Waals surface area contributed by atoms with E-state index in [1.165, 1.54) is 16.7 Å². The Labute approximate surface area is 172 Å². The lowest BCUT2D eigenvalue weighted by Crippen LogP contribution is -2.48. The van der Waals surface area contributed by atoms with E-state index in [0.29, 0.717) is 18.6 Å². The summed E-state index contributed by atoms with van der Waals surface area (Å²) in [5.41, 5.74) is -0.865. The minimum absolute atomic E-state index is 0.0419. The van der Waals surface area contributed by atoms with Gasteiger partial charge in [0.15, 0.2) is 0 Å². The Kier molecular flexibility index (Phi) is 6.30. The molecule has 3 rings (SSSR count). The van der Waals surface area contributed by atoms with Crippen molar-refractivity contribution in [3.05, 3.63) is 52.5 Å². The molecular formula is C21H24F3N3O3. The van der Waals surface area contributed by atoms with Crippen LogP contribution in [0.5, 0.6) is 0 Å². The summed E-state index contributed by atoms with van der Waals surface area (Å²) in [5.74, 6) is -0.141. The highest BCUT2D eigenvalue weighted by Crippen LogP contribution is 2.30. The second kappa shape index (κ2) is 8.59. The zero-order valence-electron chi connectivity index (χ0n) is 16.9. The van der Waals surface area contributed by atoms with E-state index in [4.69, 9.17) is 4.74 Å². The molecule has 1 aliphatic heterocycles. The number of fused-ring (bicyclic) bond motifs is 1. The number of amides is 1. The standard InChI is InChI=1S/C21H24F3N3O3/c1-4-9-27-18-7-5-15(21(22,23)24)10-17(18)25-16(20(27)29)6-8-19(28)26-11-13(2)30-14(3)12-26/h4-5,7,10,13-14H,1,6,8-9,11-12H2,2-3H3/t13-,14-/m0/s1. The molecule has 2 aromatic rings. The molecule has 9 heteroatoms. The van der Waals surface area contributed by atoms with Crippen molar-refractivity contribution < 1.29 is 22.7 Å². The monoisotopic (exact) mass is 423 g/mol. The molecule has 0 saturated carbocycles. The first-order valence-electron chi connectivity index (χ1n) is 9.75. The van der Waals surface area contributed by atoms with Gasteiger partial charge in [-0.15, -0.1) is 6.58 Å². The number of aryl methyl sites for hydroxylation is 1. The van der Waals surface area contributed by atoms with E-state index in [0.717, 1.165) is 12.1 Å². The summed E-state index contributed by atoms with van der Waals surface area (Å²) in [7, 11) is 0. The van der Waals surface area contributed by atoms with Gasteiger partial charge in [0.05, 0.1) is 28.8 Å². The Morgan fingerprint density at radius 1 is 1.30 bits per heavy atom. The van der Waals surface area contributed by atoms with Crippen molar-refractivity contribution in [1.82, 2.24) is 14.5 Å². The minimum atomic E-state index is -4.52.